The van der Waals surface area contributed by atoms with Crippen molar-refractivity contribution in [1.82, 2.24) is 15.0 Å². The van der Waals surface area contributed by atoms with Gasteiger partial charge in [0.05, 0.1) is 11.2 Å². The van der Waals surface area contributed by atoms with Gasteiger partial charge in [0.15, 0.2) is 0 Å². The molecule has 1 fully saturated rings. The highest BCUT2D eigenvalue weighted by molar-refractivity contribution is 6.33. The number of hydrogen-bond acceptors (Lipinski definition) is 5. The average Bonchev–Trinajstić information content (AvgIpc) is 3.50. The first-order chi connectivity index (χ1) is 15.7. The highest BCUT2D eigenvalue weighted by Gasteiger charge is 2.34. The lowest BCUT2D eigenvalue weighted by molar-refractivity contribution is 0.0528. The van der Waals surface area contributed by atoms with Crippen LogP contribution >= 0.6 is 11.6 Å². The van der Waals surface area contributed by atoms with Gasteiger partial charge >= 0.3 is 0 Å². The molecule has 1 aliphatic rings. The topological polar surface area (TPSA) is 72.4 Å². The molecule has 4 aromatic rings. The van der Waals surface area contributed by atoms with Crippen molar-refractivity contribution in [2.24, 2.45) is 0 Å². The van der Waals surface area contributed by atoms with Gasteiger partial charge in [0.2, 0.25) is 11.7 Å². The Bertz CT molecular complexity index is 1220. The summed E-state index contributed by atoms with van der Waals surface area (Å²) in [7, 11) is 0. The molecule has 0 radical (unpaired) electrons. The molecule has 0 N–H and O–H groups in total. The molecule has 1 saturated heterocycles. The van der Waals surface area contributed by atoms with Crippen LogP contribution in [0.15, 0.2) is 75.8 Å². The van der Waals surface area contributed by atoms with Gasteiger partial charge in [-0.3, -0.25) is 4.79 Å². The van der Waals surface area contributed by atoms with Crippen LogP contribution in [0.25, 0.3) is 11.3 Å². The van der Waals surface area contributed by atoms with Gasteiger partial charge in [-0.2, -0.15) is 0 Å². The number of benzene rings is 2. The fourth-order valence-electron chi connectivity index (χ4n) is 4.10. The first-order valence-corrected chi connectivity index (χ1v) is 11.1. The zero-order valence-corrected chi connectivity index (χ0v) is 18.2. The fourth-order valence-corrected chi connectivity index (χ4v) is 4.33. The number of hydrogen-bond donors (Lipinski definition) is 0. The van der Waals surface area contributed by atoms with Crippen molar-refractivity contribution in [3.8, 4) is 11.3 Å². The largest absolute Gasteiger partial charge is 0.443 e. The van der Waals surface area contributed by atoms with Gasteiger partial charge in [-0.1, -0.05) is 65.3 Å². The third kappa shape index (κ3) is 4.18. The van der Waals surface area contributed by atoms with Gasteiger partial charge in [-0.15, -0.1) is 0 Å². The summed E-state index contributed by atoms with van der Waals surface area (Å²) in [6.45, 7) is 0.613. The predicted molar refractivity (Wildman–Crippen MR) is 120 cm³/mol. The first-order valence-electron chi connectivity index (χ1n) is 10.7. The molecule has 1 aliphatic heterocycles. The molecule has 7 heteroatoms. The molecule has 0 unspecified atom stereocenters. The van der Waals surface area contributed by atoms with Gasteiger partial charge in [0.25, 0.3) is 5.91 Å². The minimum atomic E-state index is -0.227. The third-order valence-electron chi connectivity index (χ3n) is 5.71. The molecule has 0 bridgehead atoms. The number of halogens is 1. The number of nitrogens with zero attached hydrogens (tertiary/aromatic N) is 3. The number of likely N-dealkylation sites (tertiary alicyclic amines) is 1. The second-order valence-corrected chi connectivity index (χ2v) is 8.30. The van der Waals surface area contributed by atoms with E-state index < -0.39 is 0 Å². The van der Waals surface area contributed by atoms with E-state index in [0.29, 0.717) is 29.6 Å². The summed E-state index contributed by atoms with van der Waals surface area (Å²) in [6.07, 6.45) is 5.14. The minimum Gasteiger partial charge on any atom is -0.443 e. The normalized spacial score (nSPS) is 16.3. The Hall–Kier alpha value is -3.38. The molecular weight excluding hydrogens is 426 g/mol. The third-order valence-corrected chi connectivity index (χ3v) is 6.04. The van der Waals surface area contributed by atoms with E-state index in [9.17, 15) is 4.79 Å². The molecule has 162 valence electrons. The molecule has 1 atom stereocenters. The Balaban J connectivity index is 1.36. The standard InChI is InChI=1S/C25H22ClN3O3/c26-20-11-5-4-10-19(20)21-15-23(32-28-21)25(30)29-13-7-6-12-22(29)24-27-16-18(31-24)14-17-8-2-1-3-9-17/h1-5,8-11,15-16,22H,6-7,12-14H2/t22-/m0/s1. The molecular formula is C25H22ClN3O3. The summed E-state index contributed by atoms with van der Waals surface area (Å²) < 4.78 is 11.5. The van der Waals surface area contributed by atoms with Crippen molar-refractivity contribution >= 4 is 17.5 Å². The van der Waals surface area contributed by atoms with E-state index in [-0.39, 0.29) is 17.7 Å². The smallest absolute Gasteiger partial charge is 0.293 e. The number of rotatable bonds is 5. The van der Waals surface area contributed by atoms with Crippen LogP contribution in [0, 0.1) is 0 Å². The van der Waals surface area contributed by atoms with E-state index in [1.807, 2.05) is 36.4 Å². The Kier molecular flexibility index (Phi) is 5.77. The lowest BCUT2D eigenvalue weighted by Gasteiger charge is -2.32. The zero-order chi connectivity index (χ0) is 21.9. The number of carbonyl (C=O) groups is 1. The number of aromatic nitrogens is 2. The maximum atomic E-state index is 13.3. The van der Waals surface area contributed by atoms with Crippen LogP contribution in [0.3, 0.4) is 0 Å². The van der Waals surface area contributed by atoms with Gasteiger partial charge in [0, 0.05) is 24.6 Å². The predicted octanol–water partition coefficient (Wildman–Crippen LogP) is 5.94. The second-order valence-electron chi connectivity index (χ2n) is 7.89. The monoisotopic (exact) mass is 447 g/mol. The van der Waals surface area contributed by atoms with Crippen molar-refractivity contribution in [3.63, 3.8) is 0 Å². The Morgan fingerprint density at radius 2 is 1.91 bits per heavy atom. The van der Waals surface area contributed by atoms with E-state index in [2.05, 4.69) is 22.3 Å². The molecule has 6 nitrogen and oxygen atoms in total. The van der Waals surface area contributed by atoms with E-state index in [1.165, 1.54) is 0 Å². The SMILES string of the molecule is O=C(c1cc(-c2ccccc2Cl)no1)N1CCCC[C@H]1c1ncc(Cc2ccccc2)o1. The van der Waals surface area contributed by atoms with E-state index in [0.717, 1.165) is 36.1 Å². The molecule has 5 rings (SSSR count). The summed E-state index contributed by atoms with van der Waals surface area (Å²) in [5.74, 6) is 1.31. The maximum Gasteiger partial charge on any atom is 0.293 e. The van der Waals surface area contributed by atoms with Crippen LogP contribution in [0.1, 0.15) is 53.1 Å². The quantitative estimate of drug-likeness (QED) is 0.378. The molecule has 2 aromatic heterocycles. The molecule has 0 spiro atoms. The molecule has 32 heavy (non-hydrogen) atoms. The van der Waals surface area contributed by atoms with Crippen molar-refractivity contribution in [2.75, 3.05) is 6.54 Å². The molecule has 1 amide bonds. The number of piperidine rings is 1. The van der Waals surface area contributed by atoms with Gasteiger partial charge in [-0.05, 0) is 30.9 Å². The second kappa shape index (κ2) is 9.01. The minimum absolute atomic E-state index is 0.183. The Morgan fingerprint density at radius 3 is 2.75 bits per heavy atom. The van der Waals surface area contributed by atoms with E-state index in [1.54, 1.807) is 23.2 Å². The number of oxazole rings is 1. The number of amides is 1. The van der Waals surface area contributed by atoms with Crippen LogP contribution in [0.4, 0.5) is 0 Å². The fraction of sp³-hybridized carbons (Fsp3) is 0.240. The van der Waals surface area contributed by atoms with Crippen molar-refractivity contribution in [2.45, 2.75) is 31.7 Å². The lowest BCUT2D eigenvalue weighted by atomic mass is 10.0. The zero-order valence-electron chi connectivity index (χ0n) is 17.4. The summed E-state index contributed by atoms with van der Waals surface area (Å²) in [5, 5.41) is 4.62. The average molecular weight is 448 g/mol. The van der Waals surface area contributed by atoms with E-state index >= 15 is 0 Å². The maximum absolute atomic E-state index is 13.3. The Labute approximate surface area is 190 Å². The van der Waals surface area contributed by atoms with Gasteiger partial charge in [-0.25, -0.2) is 4.98 Å². The van der Waals surface area contributed by atoms with Crippen LogP contribution in [-0.4, -0.2) is 27.5 Å². The first kappa shape index (κ1) is 20.5. The van der Waals surface area contributed by atoms with Crippen LogP contribution in [0.2, 0.25) is 5.02 Å². The Morgan fingerprint density at radius 1 is 1.09 bits per heavy atom. The summed E-state index contributed by atoms with van der Waals surface area (Å²) >= 11 is 6.26. The van der Waals surface area contributed by atoms with Crippen molar-refractivity contribution in [3.05, 3.63) is 94.9 Å². The van der Waals surface area contributed by atoms with E-state index in [4.69, 9.17) is 20.5 Å². The molecule has 0 saturated carbocycles. The molecule has 0 aliphatic carbocycles. The van der Waals surface area contributed by atoms with Crippen molar-refractivity contribution < 1.29 is 13.7 Å². The van der Waals surface area contributed by atoms with Crippen LogP contribution in [0.5, 0.6) is 0 Å². The highest BCUT2D eigenvalue weighted by atomic mass is 35.5. The van der Waals surface area contributed by atoms with Crippen LogP contribution < -0.4 is 0 Å². The lowest BCUT2D eigenvalue weighted by Crippen LogP contribution is -2.38. The molecule has 2 aromatic carbocycles. The number of carbonyl (C=O) groups excluding carboxylic acids is 1. The van der Waals surface area contributed by atoms with Gasteiger partial charge < -0.3 is 13.8 Å². The highest BCUT2D eigenvalue weighted by Crippen LogP contribution is 2.33. The summed E-state index contributed by atoms with van der Waals surface area (Å²) in [6, 6.07) is 18.9. The van der Waals surface area contributed by atoms with Crippen molar-refractivity contribution in [1.29, 1.82) is 0 Å². The van der Waals surface area contributed by atoms with Crippen LogP contribution in [-0.2, 0) is 6.42 Å². The summed E-state index contributed by atoms with van der Waals surface area (Å²) in [4.78, 5) is 19.6. The van der Waals surface area contributed by atoms with Gasteiger partial charge in [0.1, 0.15) is 17.5 Å². The summed E-state index contributed by atoms with van der Waals surface area (Å²) in [5.41, 5.74) is 2.42. The molecule has 3 heterocycles.